The molecule has 0 aromatic heterocycles. The zero-order valence-corrected chi connectivity index (χ0v) is 11.1. The van der Waals surface area contributed by atoms with Gasteiger partial charge in [0.2, 0.25) is 5.91 Å². The molecule has 1 aliphatic rings. The number of thiocarbonyl (C=S) groups is 1. The van der Waals surface area contributed by atoms with Gasteiger partial charge >= 0.3 is 6.18 Å². The Hall–Kier alpha value is -1.83. The summed E-state index contributed by atoms with van der Waals surface area (Å²) in [5.74, 6) is -0.156. The lowest BCUT2D eigenvalue weighted by atomic mass is 10.2. The summed E-state index contributed by atoms with van der Waals surface area (Å²) < 4.78 is 37.6. The van der Waals surface area contributed by atoms with Gasteiger partial charge in [-0.3, -0.25) is 15.6 Å². The van der Waals surface area contributed by atoms with Crippen LogP contribution in [-0.4, -0.2) is 11.0 Å². The van der Waals surface area contributed by atoms with Gasteiger partial charge in [-0.2, -0.15) is 13.2 Å². The zero-order chi connectivity index (χ0) is 14.8. The summed E-state index contributed by atoms with van der Waals surface area (Å²) in [4.78, 5) is 11.3. The number of carbonyl (C=O) groups is 1. The van der Waals surface area contributed by atoms with Crippen LogP contribution in [0.2, 0.25) is 0 Å². The molecule has 0 radical (unpaired) electrons. The minimum absolute atomic E-state index is 0.0128. The van der Waals surface area contributed by atoms with E-state index in [2.05, 4.69) is 16.2 Å². The number of amides is 1. The molecule has 0 unspecified atom stereocenters. The molecule has 0 bridgehead atoms. The fraction of sp³-hybridized carbons (Fsp3) is 0.333. The van der Waals surface area contributed by atoms with Crippen molar-refractivity contribution in [3.8, 4) is 0 Å². The van der Waals surface area contributed by atoms with Crippen molar-refractivity contribution >= 4 is 28.9 Å². The van der Waals surface area contributed by atoms with Crippen LogP contribution in [0.1, 0.15) is 18.4 Å². The van der Waals surface area contributed by atoms with E-state index in [1.807, 2.05) is 0 Å². The number of hydrazine groups is 1. The van der Waals surface area contributed by atoms with E-state index in [0.717, 1.165) is 25.0 Å². The van der Waals surface area contributed by atoms with Crippen molar-refractivity contribution in [1.82, 2.24) is 10.9 Å². The Morgan fingerprint density at radius 1 is 1.25 bits per heavy atom. The van der Waals surface area contributed by atoms with Gasteiger partial charge in [-0.1, -0.05) is 6.07 Å². The first-order chi connectivity index (χ1) is 9.36. The molecule has 1 saturated carbocycles. The first-order valence-electron chi connectivity index (χ1n) is 5.90. The molecule has 8 heteroatoms. The molecule has 0 spiro atoms. The first-order valence-corrected chi connectivity index (χ1v) is 6.31. The number of anilines is 1. The summed E-state index contributed by atoms with van der Waals surface area (Å²) in [5, 5.41) is 2.60. The van der Waals surface area contributed by atoms with Crippen LogP contribution in [-0.2, 0) is 11.0 Å². The molecule has 108 valence electrons. The molecule has 1 aromatic carbocycles. The van der Waals surface area contributed by atoms with Gasteiger partial charge in [-0.15, -0.1) is 0 Å². The van der Waals surface area contributed by atoms with Crippen molar-refractivity contribution < 1.29 is 18.0 Å². The Bertz CT molecular complexity index is 529. The van der Waals surface area contributed by atoms with Crippen LogP contribution >= 0.6 is 12.2 Å². The summed E-state index contributed by atoms with van der Waals surface area (Å²) in [5.41, 5.74) is 4.27. The molecule has 0 atom stereocenters. The highest BCUT2D eigenvalue weighted by atomic mass is 32.1. The van der Waals surface area contributed by atoms with E-state index < -0.39 is 11.7 Å². The molecule has 3 N–H and O–H groups in total. The van der Waals surface area contributed by atoms with Crippen molar-refractivity contribution in [2.75, 3.05) is 5.32 Å². The number of nitrogens with one attached hydrogen (secondary N) is 3. The lowest BCUT2D eigenvalue weighted by Crippen LogP contribution is -2.44. The van der Waals surface area contributed by atoms with E-state index in [4.69, 9.17) is 12.2 Å². The largest absolute Gasteiger partial charge is 0.416 e. The molecule has 2 rings (SSSR count). The molecular weight excluding hydrogens is 291 g/mol. The first kappa shape index (κ1) is 14.6. The lowest BCUT2D eigenvalue weighted by Gasteiger charge is -2.13. The predicted molar refractivity (Wildman–Crippen MR) is 71.7 cm³/mol. The third-order valence-corrected chi connectivity index (χ3v) is 2.90. The van der Waals surface area contributed by atoms with Gasteiger partial charge in [0.1, 0.15) is 0 Å². The van der Waals surface area contributed by atoms with Crippen molar-refractivity contribution in [3.63, 3.8) is 0 Å². The van der Waals surface area contributed by atoms with Crippen LogP contribution in [0.15, 0.2) is 24.3 Å². The average Bonchev–Trinajstić information content (AvgIpc) is 3.19. The van der Waals surface area contributed by atoms with Crippen molar-refractivity contribution in [2.45, 2.75) is 19.0 Å². The van der Waals surface area contributed by atoms with Gasteiger partial charge in [0.15, 0.2) is 5.11 Å². The van der Waals surface area contributed by atoms with E-state index in [-0.39, 0.29) is 22.6 Å². The minimum atomic E-state index is -4.41. The third-order valence-electron chi connectivity index (χ3n) is 2.70. The molecule has 0 saturated heterocycles. The maximum atomic E-state index is 12.5. The maximum absolute atomic E-state index is 12.5. The molecule has 0 aliphatic heterocycles. The van der Waals surface area contributed by atoms with Crippen LogP contribution in [0.3, 0.4) is 0 Å². The van der Waals surface area contributed by atoms with Gasteiger partial charge in [-0.25, -0.2) is 0 Å². The molecule has 0 heterocycles. The predicted octanol–water partition coefficient (Wildman–Crippen LogP) is 2.43. The Labute approximate surface area is 118 Å². The number of hydrogen-bond donors (Lipinski definition) is 3. The highest BCUT2D eigenvalue weighted by Crippen LogP contribution is 2.30. The molecule has 4 nitrogen and oxygen atoms in total. The van der Waals surface area contributed by atoms with E-state index in [1.54, 1.807) is 0 Å². The van der Waals surface area contributed by atoms with Crippen molar-refractivity contribution in [3.05, 3.63) is 29.8 Å². The Kier molecular flexibility index (Phi) is 4.12. The smallest absolute Gasteiger partial charge is 0.331 e. The number of carbonyl (C=O) groups excluding carboxylic acids is 1. The summed E-state index contributed by atoms with van der Waals surface area (Å²) in [6.45, 7) is 0. The average molecular weight is 303 g/mol. The van der Waals surface area contributed by atoms with E-state index in [1.165, 1.54) is 12.1 Å². The molecular formula is C12H12F3N3OS. The van der Waals surface area contributed by atoms with Gasteiger partial charge in [0.25, 0.3) is 0 Å². The number of halogens is 3. The summed E-state index contributed by atoms with van der Waals surface area (Å²) in [6, 6.07) is 4.63. The molecule has 20 heavy (non-hydrogen) atoms. The maximum Gasteiger partial charge on any atom is 0.416 e. The number of hydrogen-bond acceptors (Lipinski definition) is 2. The number of rotatable bonds is 2. The fourth-order valence-electron chi connectivity index (χ4n) is 1.50. The second-order valence-electron chi connectivity index (χ2n) is 4.42. The second kappa shape index (κ2) is 5.66. The van der Waals surface area contributed by atoms with Crippen LogP contribution < -0.4 is 16.2 Å². The summed E-state index contributed by atoms with van der Waals surface area (Å²) in [7, 11) is 0. The normalized spacial score (nSPS) is 14.6. The second-order valence-corrected chi connectivity index (χ2v) is 4.83. The van der Waals surface area contributed by atoms with E-state index >= 15 is 0 Å². The Balaban J connectivity index is 1.88. The lowest BCUT2D eigenvalue weighted by molar-refractivity contribution is -0.137. The third kappa shape index (κ3) is 4.09. The molecule has 1 amide bonds. The highest BCUT2D eigenvalue weighted by molar-refractivity contribution is 7.80. The van der Waals surface area contributed by atoms with Gasteiger partial charge in [-0.05, 0) is 43.3 Å². The highest BCUT2D eigenvalue weighted by Gasteiger charge is 2.31. The number of alkyl halides is 3. The monoisotopic (exact) mass is 303 g/mol. The molecule has 1 aliphatic carbocycles. The topological polar surface area (TPSA) is 53.2 Å². The molecule has 1 aromatic rings. The SMILES string of the molecule is O=C(NNC(=S)Nc1cccc(C(F)(F)F)c1)C1CC1. The van der Waals surface area contributed by atoms with E-state index in [0.29, 0.717) is 0 Å². The van der Waals surface area contributed by atoms with Crippen LogP contribution in [0, 0.1) is 5.92 Å². The number of benzene rings is 1. The minimum Gasteiger partial charge on any atom is -0.331 e. The van der Waals surface area contributed by atoms with Crippen molar-refractivity contribution in [1.29, 1.82) is 0 Å². The van der Waals surface area contributed by atoms with Crippen LogP contribution in [0.5, 0.6) is 0 Å². The standard InChI is InChI=1S/C12H12F3N3OS/c13-12(14,15)8-2-1-3-9(6-8)16-11(20)18-17-10(19)7-4-5-7/h1-3,6-7H,4-5H2,(H,17,19)(H2,16,18,20). The Morgan fingerprint density at radius 3 is 2.55 bits per heavy atom. The Morgan fingerprint density at radius 2 is 1.95 bits per heavy atom. The van der Waals surface area contributed by atoms with E-state index in [9.17, 15) is 18.0 Å². The van der Waals surface area contributed by atoms with Crippen LogP contribution in [0.4, 0.5) is 18.9 Å². The van der Waals surface area contributed by atoms with Gasteiger partial charge in [0.05, 0.1) is 5.56 Å². The zero-order valence-electron chi connectivity index (χ0n) is 10.3. The molecule has 1 fully saturated rings. The van der Waals surface area contributed by atoms with Gasteiger partial charge in [0, 0.05) is 11.6 Å². The van der Waals surface area contributed by atoms with Crippen LogP contribution in [0.25, 0.3) is 0 Å². The fourth-order valence-corrected chi connectivity index (χ4v) is 1.67. The summed E-state index contributed by atoms with van der Waals surface area (Å²) in [6.07, 6.45) is -2.71. The quantitative estimate of drug-likeness (QED) is 0.580. The summed E-state index contributed by atoms with van der Waals surface area (Å²) >= 11 is 4.88. The van der Waals surface area contributed by atoms with Crippen molar-refractivity contribution in [2.24, 2.45) is 5.92 Å². The van der Waals surface area contributed by atoms with Gasteiger partial charge < -0.3 is 5.32 Å².